The molecule has 0 bridgehead atoms. The van der Waals surface area contributed by atoms with Crippen LogP contribution in [0.15, 0.2) is 176 Å². The minimum Gasteiger partial charge on any atom is -0.332 e. The molecule has 3 nitrogen and oxygen atoms in total. The van der Waals surface area contributed by atoms with Crippen LogP contribution < -0.4 is 4.90 Å². The molecular weight excluding hydrogens is 1460 g/mol. The third kappa shape index (κ3) is 13.3. The summed E-state index contributed by atoms with van der Waals surface area (Å²) >= 11 is 0. The lowest BCUT2D eigenvalue weighted by Crippen LogP contribution is -2.30. The molecule has 0 amide bonds. The summed E-state index contributed by atoms with van der Waals surface area (Å²) in [5, 5.41) is 10.6. The van der Waals surface area contributed by atoms with E-state index in [0.29, 0.717) is 30.3 Å². The molecule has 0 radical (unpaired) electrons. The van der Waals surface area contributed by atoms with Crippen molar-refractivity contribution in [1.82, 2.24) is 4.57 Å². The predicted molar refractivity (Wildman–Crippen MR) is 316 cm³/mol. The number of hydrogen-bond donors (Lipinski definition) is 0. The lowest BCUT2D eigenvalue weighted by atomic mass is 9.83. The molecule has 12 rings (SSSR count). The van der Waals surface area contributed by atoms with E-state index in [1.165, 1.54) is 0 Å². The molecule has 0 saturated heterocycles. The van der Waals surface area contributed by atoms with Gasteiger partial charge in [0.25, 0.3) is 0 Å². The summed E-state index contributed by atoms with van der Waals surface area (Å²) in [6.07, 6.45) is -52.6. The maximum Gasteiger partial charge on any atom is 0.417 e. The van der Waals surface area contributed by atoms with Crippen molar-refractivity contribution in [2.45, 2.75) is 73.7 Å². The second-order valence-corrected chi connectivity index (χ2v) is 23.7. The van der Waals surface area contributed by atoms with Crippen LogP contribution in [0.3, 0.4) is 0 Å². The molecule has 9 aromatic carbocycles. The van der Waals surface area contributed by atoms with Gasteiger partial charge in [0.2, 0.25) is 0 Å². The highest BCUT2D eigenvalue weighted by Crippen LogP contribution is 2.57. The van der Waals surface area contributed by atoms with Gasteiger partial charge in [-0.05, 0) is 165 Å². The Bertz CT molecular complexity index is 5130. The van der Waals surface area contributed by atoms with Gasteiger partial charge in [-0.1, -0.05) is 66.8 Å². The number of fused-ring (bicyclic) bond motifs is 6. The number of benzene rings is 9. The zero-order valence-corrected chi connectivity index (χ0v) is 50.6. The van der Waals surface area contributed by atoms with Crippen LogP contribution in [-0.4, -0.2) is 10.6 Å². The number of alkyl halides is 30. The van der Waals surface area contributed by atoms with Gasteiger partial charge in [0, 0.05) is 27.9 Å². The molecular formula is C71H31F30N3. The summed E-state index contributed by atoms with van der Waals surface area (Å²) in [7, 11) is 0. The number of anilines is 2. The van der Waals surface area contributed by atoms with Crippen molar-refractivity contribution < 1.29 is 132 Å². The summed E-state index contributed by atoms with van der Waals surface area (Å²) < 4.78 is 440. The van der Waals surface area contributed by atoms with Crippen molar-refractivity contribution in [1.29, 1.82) is 5.26 Å². The standard InChI is InChI=1S/C71H31F30N3/c72-62(73,74)35-9-15-51(67(87,88)89)45(25-35)44-14-20-60(103-56-16-1-31(40-10-5-36(63(75,76)77)26-52(40)68(90,91)92)21-46(56)47-22-32(2-17-57(47)103)41-11-6-37(64(78,79)80)27-53(41)69(93,94)95)50(30-102)61(44)104-58-18-3-33(42-12-7-38(65(81,82)83)28-54(42)70(96,97)98)23-48(58)49-24-34(4-19-59(49)104)43-13-8-39(66(84,85)86)29-55(43)71(99,100)101/h1-29,46,56H. The van der Waals surface area contributed by atoms with Crippen LogP contribution in [0.5, 0.6) is 0 Å². The molecule has 0 N–H and O–H groups in total. The Kier molecular flexibility index (Phi) is 17.1. The van der Waals surface area contributed by atoms with Gasteiger partial charge in [-0.25, -0.2) is 0 Å². The van der Waals surface area contributed by atoms with Crippen molar-refractivity contribution in [3.05, 3.63) is 248 Å². The molecule has 1 aromatic heterocycles. The van der Waals surface area contributed by atoms with Gasteiger partial charge < -0.3 is 9.47 Å². The topological polar surface area (TPSA) is 32.0 Å². The van der Waals surface area contributed by atoms with Gasteiger partial charge in [0.15, 0.2) is 0 Å². The zero-order chi connectivity index (χ0) is 76.3. The lowest BCUT2D eigenvalue weighted by molar-refractivity contribution is -0.144. The minimum atomic E-state index is -5.70. The molecule has 540 valence electrons. The largest absolute Gasteiger partial charge is 0.417 e. The van der Waals surface area contributed by atoms with Crippen LogP contribution in [0.25, 0.3) is 77.6 Å². The third-order valence-corrected chi connectivity index (χ3v) is 17.5. The first-order valence-corrected chi connectivity index (χ1v) is 29.3. The Morgan fingerprint density at radius 1 is 0.308 bits per heavy atom. The number of allylic oxidation sites excluding steroid dienone is 2. The number of hydrogen-bond acceptors (Lipinski definition) is 2. The average Bonchev–Trinajstić information content (AvgIpc) is 1.54. The summed E-state index contributed by atoms with van der Waals surface area (Å²) in [4.78, 5) is 1.03. The molecule has 10 aromatic rings. The fraction of sp³-hybridized carbons (Fsp3) is 0.169. The normalized spacial score (nSPS) is 15.8. The first kappa shape index (κ1) is 73.2. The van der Waals surface area contributed by atoms with E-state index in [9.17, 15) is 124 Å². The first-order valence-electron chi connectivity index (χ1n) is 29.3. The Hall–Kier alpha value is -10.6. The lowest BCUT2D eigenvalue weighted by Gasteiger charge is -2.32. The van der Waals surface area contributed by atoms with Crippen LogP contribution in [0.2, 0.25) is 0 Å². The number of rotatable bonds is 7. The highest BCUT2D eigenvalue weighted by molar-refractivity contribution is 6.13. The predicted octanol–water partition coefficient (Wildman–Crippen LogP) is 25.8. The van der Waals surface area contributed by atoms with E-state index in [0.717, 1.165) is 88.4 Å². The molecule has 33 heteroatoms. The van der Waals surface area contributed by atoms with Gasteiger partial charge in [-0.3, -0.25) is 0 Å². The maximum atomic E-state index is 15.6. The van der Waals surface area contributed by atoms with Gasteiger partial charge in [-0.15, -0.1) is 0 Å². The van der Waals surface area contributed by atoms with Gasteiger partial charge in [0.1, 0.15) is 11.6 Å². The average molecular weight is 1500 g/mol. The highest BCUT2D eigenvalue weighted by Gasteiger charge is 2.47. The maximum absolute atomic E-state index is 15.6. The van der Waals surface area contributed by atoms with E-state index >= 15 is 13.2 Å². The van der Waals surface area contributed by atoms with Gasteiger partial charge in [-0.2, -0.15) is 137 Å². The van der Waals surface area contributed by atoms with Crippen molar-refractivity contribution >= 4 is 38.8 Å². The van der Waals surface area contributed by atoms with Crippen LogP contribution in [0, 0.1) is 11.3 Å². The molecule has 0 fully saturated rings. The molecule has 2 unspecified atom stereocenters. The summed E-state index contributed by atoms with van der Waals surface area (Å²) in [6.45, 7) is 0. The van der Waals surface area contributed by atoms with E-state index < -0.39 is 224 Å². The van der Waals surface area contributed by atoms with Gasteiger partial charge >= 0.3 is 61.8 Å². The second-order valence-electron chi connectivity index (χ2n) is 23.7. The highest BCUT2D eigenvalue weighted by atomic mass is 19.4. The molecule has 1 aliphatic heterocycles. The summed E-state index contributed by atoms with van der Waals surface area (Å²) in [5.74, 6) is -1.67. The van der Waals surface area contributed by atoms with Crippen molar-refractivity contribution in [3.63, 3.8) is 0 Å². The number of aromatic nitrogens is 1. The SMILES string of the molecule is N#Cc1c(N2c3ccc(-c4ccc(C(F)(F)F)cc4C(F)(F)F)cc3C3C=C(c4ccc(C(F)(F)F)cc4C(F)(F)F)C=CC32)ccc(-c2cc(C(F)(F)F)ccc2C(F)(F)F)c1-n1c2ccc(-c3ccc(C(F)(F)F)cc3C(F)(F)F)cc2c2cc(-c3ccc(C(F)(F)F)cc3C(F)(F)F)ccc21. The molecule has 1 aliphatic carbocycles. The molecule has 2 heterocycles. The zero-order valence-electron chi connectivity index (χ0n) is 50.6. The fourth-order valence-corrected chi connectivity index (χ4v) is 13.0. The molecule has 104 heavy (non-hydrogen) atoms. The van der Waals surface area contributed by atoms with Crippen LogP contribution in [0.1, 0.15) is 78.2 Å². The Balaban J connectivity index is 1.21. The summed E-state index contributed by atoms with van der Waals surface area (Å²) in [5.41, 5.74) is -32.8. The Morgan fingerprint density at radius 3 is 1.05 bits per heavy atom. The monoisotopic (exact) mass is 1500 g/mol. The van der Waals surface area contributed by atoms with Gasteiger partial charge in [0.05, 0.1) is 84.1 Å². The third-order valence-electron chi connectivity index (χ3n) is 17.5. The Morgan fingerprint density at radius 2 is 0.654 bits per heavy atom. The minimum absolute atomic E-state index is 0.0145. The van der Waals surface area contributed by atoms with Crippen LogP contribution >= 0.6 is 0 Å². The summed E-state index contributed by atoms with van der Waals surface area (Å²) in [6, 6.07) is 9.85. The molecule has 2 atom stereocenters. The Labute approximate surface area is 562 Å². The quantitative estimate of drug-likeness (QED) is 0.149. The van der Waals surface area contributed by atoms with Crippen LogP contribution in [-0.2, 0) is 61.8 Å². The number of nitriles is 1. The molecule has 0 spiro atoms. The van der Waals surface area contributed by atoms with E-state index in [-0.39, 0.29) is 78.0 Å². The number of nitrogens with zero attached hydrogens (tertiary/aromatic N) is 3. The van der Waals surface area contributed by atoms with Crippen molar-refractivity contribution in [3.8, 4) is 56.3 Å². The second kappa shape index (κ2) is 24.3. The number of halogens is 30. The van der Waals surface area contributed by atoms with E-state index in [1.807, 2.05) is 0 Å². The molecule has 2 aliphatic rings. The van der Waals surface area contributed by atoms with E-state index in [4.69, 9.17) is 0 Å². The van der Waals surface area contributed by atoms with E-state index in [1.54, 1.807) is 6.07 Å². The van der Waals surface area contributed by atoms with Crippen molar-refractivity contribution in [2.75, 3.05) is 4.90 Å². The van der Waals surface area contributed by atoms with E-state index in [2.05, 4.69) is 0 Å². The first-order chi connectivity index (χ1) is 47.8. The smallest absolute Gasteiger partial charge is 0.332 e. The fourth-order valence-electron chi connectivity index (χ4n) is 13.0. The molecule has 0 saturated carbocycles. The van der Waals surface area contributed by atoms with Crippen molar-refractivity contribution in [2.24, 2.45) is 0 Å². The van der Waals surface area contributed by atoms with Crippen LogP contribution in [0.4, 0.5) is 143 Å².